The SMILES string of the molecule is CCC(OC(=O)c1ccccc1-c1nc2ccccc2o1)C(=O)Nc1ccc(S(=O)(=O)Nc2ccc(Cl)nn2)cc1. The van der Waals surface area contributed by atoms with Crippen LogP contribution < -0.4 is 10.0 Å². The Balaban J connectivity index is 1.26. The number of hydrogen-bond acceptors (Lipinski definition) is 9. The van der Waals surface area contributed by atoms with Gasteiger partial charge in [-0.05, 0) is 67.1 Å². The second-order valence-electron chi connectivity index (χ2n) is 8.69. The number of halogens is 1. The fourth-order valence-corrected chi connectivity index (χ4v) is 4.95. The van der Waals surface area contributed by atoms with Crippen LogP contribution in [0.4, 0.5) is 11.5 Å². The molecule has 0 fully saturated rings. The van der Waals surface area contributed by atoms with Gasteiger partial charge in [0.25, 0.3) is 15.9 Å². The number of carbonyl (C=O) groups excluding carboxylic acids is 2. The number of fused-ring (bicyclic) bond motifs is 1. The third-order valence-corrected chi connectivity index (χ3v) is 7.46. The molecular formula is C28H22ClN5O6S. The topological polar surface area (TPSA) is 153 Å². The van der Waals surface area contributed by atoms with Gasteiger partial charge in [0.15, 0.2) is 22.7 Å². The molecule has 5 aromatic rings. The van der Waals surface area contributed by atoms with E-state index in [-0.39, 0.29) is 33.7 Å². The minimum Gasteiger partial charge on any atom is -0.449 e. The number of aromatic nitrogens is 3. The van der Waals surface area contributed by atoms with Crippen LogP contribution in [0.3, 0.4) is 0 Å². The molecular weight excluding hydrogens is 570 g/mol. The number of rotatable bonds is 9. The van der Waals surface area contributed by atoms with Crippen LogP contribution in [0.5, 0.6) is 0 Å². The number of ether oxygens (including phenoxy) is 1. The van der Waals surface area contributed by atoms with Gasteiger partial charge in [-0.15, -0.1) is 10.2 Å². The average molecular weight is 592 g/mol. The molecule has 5 rings (SSSR count). The molecule has 1 atom stereocenters. The van der Waals surface area contributed by atoms with Gasteiger partial charge < -0.3 is 14.5 Å². The maximum atomic E-state index is 13.1. The van der Waals surface area contributed by atoms with E-state index < -0.39 is 28.0 Å². The van der Waals surface area contributed by atoms with Gasteiger partial charge in [0.2, 0.25) is 5.89 Å². The maximum absolute atomic E-state index is 13.1. The summed E-state index contributed by atoms with van der Waals surface area (Å²) >= 11 is 5.68. The van der Waals surface area contributed by atoms with E-state index in [9.17, 15) is 18.0 Å². The number of nitrogens with one attached hydrogen (secondary N) is 2. The maximum Gasteiger partial charge on any atom is 0.339 e. The molecule has 0 bridgehead atoms. The molecule has 2 heterocycles. The Morgan fingerprint density at radius 1 is 0.951 bits per heavy atom. The van der Waals surface area contributed by atoms with Gasteiger partial charge in [0.05, 0.1) is 16.0 Å². The molecule has 0 spiro atoms. The molecule has 0 saturated heterocycles. The second-order valence-corrected chi connectivity index (χ2v) is 10.8. The van der Waals surface area contributed by atoms with Crippen LogP contribution in [0.15, 0.2) is 94.2 Å². The summed E-state index contributed by atoms with van der Waals surface area (Å²) in [6, 6.07) is 22.1. The quantitative estimate of drug-likeness (QED) is 0.217. The Labute approximate surface area is 239 Å². The smallest absolute Gasteiger partial charge is 0.339 e. The van der Waals surface area contributed by atoms with E-state index in [0.717, 1.165) is 0 Å². The number of hydrogen-bond donors (Lipinski definition) is 2. The Morgan fingerprint density at radius 2 is 1.68 bits per heavy atom. The van der Waals surface area contributed by atoms with E-state index in [2.05, 4.69) is 25.2 Å². The van der Waals surface area contributed by atoms with E-state index in [1.807, 2.05) is 12.1 Å². The third kappa shape index (κ3) is 6.34. The van der Waals surface area contributed by atoms with Crippen molar-refractivity contribution in [2.75, 3.05) is 10.0 Å². The first-order valence-electron chi connectivity index (χ1n) is 12.3. The normalized spacial score (nSPS) is 12.0. The first-order chi connectivity index (χ1) is 19.7. The highest BCUT2D eigenvalue weighted by Gasteiger charge is 2.25. The molecule has 2 aromatic heterocycles. The van der Waals surface area contributed by atoms with Crippen molar-refractivity contribution in [2.45, 2.75) is 24.3 Å². The van der Waals surface area contributed by atoms with Gasteiger partial charge in [0, 0.05) is 5.69 Å². The van der Waals surface area contributed by atoms with Crippen molar-refractivity contribution in [3.05, 3.63) is 95.6 Å². The van der Waals surface area contributed by atoms with E-state index in [4.69, 9.17) is 20.8 Å². The van der Waals surface area contributed by atoms with Crippen LogP contribution in [0, 0.1) is 0 Å². The summed E-state index contributed by atoms with van der Waals surface area (Å²) in [6.45, 7) is 1.70. The predicted octanol–water partition coefficient (Wildman–Crippen LogP) is 5.31. The van der Waals surface area contributed by atoms with Crippen molar-refractivity contribution in [3.63, 3.8) is 0 Å². The molecule has 3 aromatic carbocycles. The third-order valence-electron chi connectivity index (χ3n) is 5.89. The van der Waals surface area contributed by atoms with Crippen LogP contribution >= 0.6 is 11.6 Å². The van der Waals surface area contributed by atoms with Crippen molar-refractivity contribution in [3.8, 4) is 11.5 Å². The first-order valence-corrected chi connectivity index (χ1v) is 14.2. The van der Waals surface area contributed by atoms with Crippen molar-refractivity contribution in [2.24, 2.45) is 0 Å². The number of oxazole rings is 1. The molecule has 41 heavy (non-hydrogen) atoms. The monoisotopic (exact) mass is 591 g/mol. The van der Waals surface area contributed by atoms with E-state index in [1.165, 1.54) is 36.4 Å². The minimum absolute atomic E-state index is 0.00272. The molecule has 0 aliphatic carbocycles. The van der Waals surface area contributed by atoms with Crippen LogP contribution in [0.25, 0.3) is 22.6 Å². The molecule has 0 aliphatic heterocycles. The molecule has 1 amide bonds. The van der Waals surface area contributed by atoms with E-state index in [1.54, 1.807) is 43.3 Å². The number of sulfonamides is 1. The first kappa shape index (κ1) is 27.7. The fraction of sp³-hybridized carbons (Fsp3) is 0.107. The van der Waals surface area contributed by atoms with Crippen LogP contribution in [0.2, 0.25) is 5.15 Å². The van der Waals surface area contributed by atoms with Gasteiger partial charge in [-0.1, -0.05) is 42.8 Å². The highest BCUT2D eigenvalue weighted by molar-refractivity contribution is 7.92. The van der Waals surface area contributed by atoms with Gasteiger partial charge in [-0.25, -0.2) is 18.2 Å². The lowest BCUT2D eigenvalue weighted by atomic mass is 10.1. The Morgan fingerprint density at radius 3 is 2.39 bits per heavy atom. The summed E-state index contributed by atoms with van der Waals surface area (Å²) in [5.41, 5.74) is 2.15. The highest BCUT2D eigenvalue weighted by atomic mass is 35.5. The lowest BCUT2D eigenvalue weighted by molar-refractivity contribution is -0.124. The summed E-state index contributed by atoms with van der Waals surface area (Å²) in [5.74, 6) is -1.05. The van der Waals surface area contributed by atoms with Crippen LogP contribution in [-0.2, 0) is 19.6 Å². The zero-order valence-corrected chi connectivity index (χ0v) is 23.0. The molecule has 2 N–H and O–H groups in total. The minimum atomic E-state index is -3.97. The Bertz CT molecular complexity index is 1790. The summed E-state index contributed by atoms with van der Waals surface area (Å²) in [7, 11) is -3.97. The Kier molecular flexibility index (Phi) is 7.95. The number of nitrogens with zero attached hydrogens (tertiary/aromatic N) is 3. The van der Waals surface area contributed by atoms with Crippen molar-refractivity contribution < 1.29 is 27.2 Å². The lowest BCUT2D eigenvalue weighted by Crippen LogP contribution is -2.32. The summed E-state index contributed by atoms with van der Waals surface area (Å²) in [5, 5.41) is 10.0. The predicted molar refractivity (Wildman–Crippen MR) is 152 cm³/mol. The number of amides is 1. The van der Waals surface area contributed by atoms with Crippen molar-refractivity contribution in [1.29, 1.82) is 0 Å². The standard InChI is InChI=1S/C28H22ClN5O6S/c1-2-22(40-28(36)20-8-4-3-7-19(20)27-31-21-9-5-6-10-23(21)39-27)26(35)30-17-11-13-18(14-12-17)41(37,38)34-25-16-15-24(29)32-33-25/h3-16,22H,2H2,1H3,(H,30,35)(H,33,34). The number of para-hydroxylation sites is 2. The van der Waals surface area contributed by atoms with Gasteiger partial charge in [-0.3, -0.25) is 9.52 Å². The van der Waals surface area contributed by atoms with Gasteiger partial charge >= 0.3 is 5.97 Å². The van der Waals surface area contributed by atoms with E-state index in [0.29, 0.717) is 22.4 Å². The zero-order valence-electron chi connectivity index (χ0n) is 21.4. The summed E-state index contributed by atoms with van der Waals surface area (Å²) in [6.07, 6.45) is -0.922. The van der Waals surface area contributed by atoms with Gasteiger partial charge in [0.1, 0.15) is 5.52 Å². The zero-order chi connectivity index (χ0) is 29.0. The molecule has 1 unspecified atom stereocenters. The highest BCUT2D eigenvalue weighted by Crippen LogP contribution is 2.28. The molecule has 0 aliphatic rings. The fourth-order valence-electron chi connectivity index (χ4n) is 3.86. The molecule has 208 valence electrons. The number of esters is 1. The summed E-state index contributed by atoms with van der Waals surface area (Å²) < 4.78 is 39.0. The average Bonchev–Trinajstić information content (AvgIpc) is 3.41. The molecule has 0 saturated carbocycles. The second kappa shape index (κ2) is 11.7. The van der Waals surface area contributed by atoms with Gasteiger partial charge in [-0.2, -0.15) is 0 Å². The summed E-state index contributed by atoms with van der Waals surface area (Å²) in [4.78, 5) is 30.5. The lowest BCUT2D eigenvalue weighted by Gasteiger charge is -2.17. The van der Waals surface area contributed by atoms with Crippen molar-refractivity contribution in [1.82, 2.24) is 15.2 Å². The molecule has 13 heteroatoms. The molecule has 0 radical (unpaired) electrons. The van der Waals surface area contributed by atoms with E-state index >= 15 is 0 Å². The largest absolute Gasteiger partial charge is 0.449 e. The number of anilines is 2. The van der Waals surface area contributed by atoms with Crippen LogP contribution in [0.1, 0.15) is 23.7 Å². The number of carbonyl (C=O) groups is 2. The Hall–Kier alpha value is -4.81. The molecule has 11 nitrogen and oxygen atoms in total. The number of benzene rings is 3. The van der Waals surface area contributed by atoms with Crippen molar-refractivity contribution >= 4 is 56.1 Å². The van der Waals surface area contributed by atoms with Crippen LogP contribution in [-0.4, -0.2) is 41.6 Å².